The Morgan fingerprint density at radius 2 is 2.29 bits per heavy atom. The van der Waals surface area contributed by atoms with E-state index >= 15 is 0 Å². The van der Waals surface area contributed by atoms with Crippen molar-refractivity contribution in [1.82, 2.24) is 10.3 Å². The smallest absolute Gasteiger partial charge is 0.120 e. The van der Waals surface area contributed by atoms with Gasteiger partial charge in [0.2, 0.25) is 0 Å². The minimum Gasteiger partial charge on any atom is -0.464 e. The van der Waals surface area contributed by atoms with Gasteiger partial charge < -0.3 is 9.73 Å². The normalized spacial score (nSPS) is 12.9. The van der Waals surface area contributed by atoms with Crippen LogP contribution in [0.1, 0.15) is 41.3 Å². The van der Waals surface area contributed by atoms with Gasteiger partial charge in [-0.1, -0.05) is 6.92 Å². The summed E-state index contributed by atoms with van der Waals surface area (Å²) < 4.78 is 5.71. The molecule has 2 aromatic heterocycles. The highest BCUT2D eigenvalue weighted by Crippen LogP contribution is 2.18. The molecule has 0 aliphatic rings. The van der Waals surface area contributed by atoms with E-state index in [1.807, 2.05) is 19.2 Å². The molecule has 17 heavy (non-hydrogen) atoms. The highest BCUT2D eigenvalue weighted by atomic mass is 32.1. The molecule has 0 amide bonds. The summed E-state index contributed by atoms with van der Waals surface area (Å²) in [7, 11) is 0. The van der Waals surface area contributed by atoms with Crippen LogP contribution in [0.15, 0.2) is 22.7 Å². The second-order valence-electron chi connectivity index (χ2n) is 4.11. The lowest BCUT2D eigenvalue weighted by Crippen LogP contribution is -2.16. The van der Waals surface area contributed by atoms with Crippen molar-refractivity contribution in [3.63, 3.8) is 0 Å². The van der Waals surface area contributed by atoms with E-state index in [1.54, 1.807) is 11.3 Å². The number of nitrogens with one attached hydrogen (secondary N) is 1. The summed E-state index contributed by atoms with van der Waals surface area (Å²) in [5.41, 5.74) is 0. The van der Waals surface area contributed by atoms with Gasteiger partial charge >= 0.3 is 0 Å². The van der Waals surface area contributed by atoms with Gasteiger partial charge in [0.25, 0.3) is 0 Å². The molecule has 2 rings (SSSR count). The maximum absolute atomic E-state index is 5.71. The summed E-state index contributed by atoms with van der Waals surface area (Å²) in [5.74, 6) is 2.05. The third-order valence-electron chi connectivity index (χ3n) is 2.71. The molecule has 3 nitrogen and oxygen atoms in total. The molecule has 4 heteroatoms. The molecule has 1 atom stereocenters. The molecule has 0 spiro atoms. The standard InChI is InChI=1S/C13H18N2OS/c1-4-11-5-6-13(16-11)9(2)14-7-12-8-15-10(3)17-12/h5-6,8-9,14H,4,7H2,1-3H3/t9-/m1/s1. The fraction of sp³-hybridized carbons (Fsp3) is 0.462. The van der Waals surface area contributed by atoms with E-state index in [4.69, 9.17) is 4.42 Å². The van der Waals surface area contributed by atoms with Gasteiger partial charge in [0, 0.05) is 24.0 Å². The molecule has 0 radical (unpaired) electrons. The number of hydrogen-bond acceptors (Lipinski definition) is 4. The Morgan fingerprint density at radius 3 is 2.88 bits per heavy atom. The molecule has 92 valence electrons. The van der Waals surface area contributed by atoms with Gasteiger partial charge in [0.1, 0.15) is 11.5 Å². The van der Waals surface area contributed by atoms with Crippen molar-refractivity contribution in [2.45, 2.75) is 39.8 Å². The first-order valence-electron chi connectivity index (χ1n) is 5.92. The molecular weight excluding hydrogens is 232 g/mol. The summed E-state index contributed by atoms with van der Waals surface area (Å²) in [6, 6.07) is 4.33. The van der Waals surface area contributed by atoms with Crippen molar-refractivity contribution in [2.24, 2.45) is 0 Å². The monoisotopic (exact) mass is 250 g/mol. The highest BCUT2D eigenvalue weighted by molar-refractivity contribution is 7.11. The number of furan rings is 1. The lowest BCUT2D eigenvalue weighted by atomic mass is 10.2. The summed E-state index contributed by atoms with van der Waals surface area (Å²) in [6.07, 6.45) is 2.88. The van der Waals surface area contributed by atoms with Crippen LogP contribution in [0.25, 0.3) is 0 Å². The number of hydrogen-bond donors (Lipinski definition) is 1. The van der Waals surface area contributed by atoms with Crippen molar-refractivity contribution >= 4 is 11.3 Å². The first-order valence-corrected chi connectivity index (χ1v) is 6.74. The molecule has 1 N–H and O–H groups in total. The largest absolute Gasteiger partial charge is 0.464 e. The van der Waals surface area contributed by atoms with E-state index in [1.165, 1.54) is 4.88 Å². The maximum Gasteiger partial charge on any atom is 0.120 e. The number of aromatic nitrogens is 1. The molecule has 0 bridgehead atoms. The van der Waals surface area contributed by atoms with Gasteiger partial charge in [-0.15, -0.1) is 11.3 Å². The summed E-state index contributed by atoms with van der Waals surface area (Å²) in [4.78, 5) is 5.50. The van der Waals surface area contributed by atoms with Gasteiger partial charge in [-0.3, -0.25) is 0 Å². The van der Waals surface area contributed by atoms with Crippen LogP contribution in [-0.2, 0) is 13.0 Å². The van der Waals surface area contributed by atoms with Crippen LogP contribution in [-0.4, -0.2) is 4.98 Å². The first kappa shape index (κ1) is 12.3. The Bertz CT molecular complexity index is 475. The molecule has 0 saturated carbocycles. The van der Waals surface area contributed by atoms with Crippen molar-refractivity contribution < 1.29 is 4.42 Å². The third kappa shape index (κ3) is 3.17. The Labute approximate surface area is 106 Å². The number of nitrogens with zero attached hydrogens (tertiary/aromatic N) is 1. The summed E-state index contributed by atoms with van der Waals surface area (Å²) in [6.45, 7) is 7.08. The van der Waals surface area contributed by atoms with E-state index in [9.17, 15) is 0 Å². The first-order chi connectivity index (χ1) is 8.19. The highest BCUT2D eigenvalue weighted by Gasteiger charge is 2.10. The molecule has 2 heterocycles. The Morgan fingerprint density at radius 1 is 1.47 bits per heavy atom. The number of thiazole rings is 1. The number of rotatable bonds is 5. The minimum absolute atomic E-state index is 0.234. The van der Waals surface area contributed by atoms with E-state index in [2.05, 4.69) is 30.2 Å². The second kappa shape index (κ2) is 5.47. The van der Waals surface area contributed by atoms with Crippen molar-refractivity contribution in [2.75, 3.05) is 0 Å². The average Bonchev–Trinajstić information content (AvgIpc) is 2.94. The Hall–Kier alpha value is -1.13. The Kier molecular flexibility index (Phi) is 3.97. The van der Waals surface area contributed by atoms with Gasteiger partial charge in [-0.25, -0.2) is 4.98 Å². The molecule has 0 saturated heterocycles. The lowest BCUT2D eigenvalue weighted by molar-refractivity contribution is 0.409. The zero-order valence-electron chi connectivity index (χ0n) is 10.5. The lowest BCUT2D eigenvalue weighted by Gasteiger charge is -2.09. The Balaban J connectivity index is 1.90. The van der Waals surface area contributed by atoms with Crippen LogP contribution >= 0.6 is 11.3 Å². The molecule has 0 aliphatic carbocycles. The van der Waals surface area contributed by atoms with Crippen LogP contribution < -0.4 is 5.32 Å². The van der Waals surface area contributed by atoms with Gasteiger partial charge in [0.05, 0.1) is 11.0 Å². The van der Waals surface area contributed by atoms with Crippen LogP contribution in [0.5, 0.6) is 0 Å². The topological polar surface area (TPSA) is 38.1 Å². The van der Waals surface area contributed by atoms with E-state index < -0.39 is 0 Å². The fourth-order valence-electron chi connectivity index (χ4n) is 1.66. The van der Waals surface area contributed by atoms with Crippen LogP contribution in [0.4, 0.5) is 0 Å². The van der Waals surface area contributed by atoms with E-state index in [0.717, 1.165) is 29.5 Å². The van der Waals surface area contributed by atoms with Crippen LogP contribution in [0, 0.1) is 6.92 Å². The zero-order valence-corrected chi connectivity index (χ0v) is 11.3. The fourth-order valence-corrected chi connectivity index (χ4v) is 2.40. The predicted octanol–water partition coefficient (Wildman–Crippen LogP) is 3.46. The van der Waals surface area contributed by atoms with E-state index in [0.29, 0.717) is 0 Å². The van der Waals surface area contributed by atoms with Crippen molar-refractivity contribution in [1.29, 1.82) is 0 Å². The quantitative estimate of drug-likeness (QED) is 0.883. The van der Waals surface area contributed by atoms with E-state index in [-0.39, 0.29) is 6.04 Å². The molecule has 0 aromatic carbocycles. The number of aryl methyl sites for hydroxylation is 2. The molecule has 0 fully saturated rings. The maximum atomic E-state index is 5.71. The zero-order chi connectivity index (χ0) is 12.3. The summed E-state index contributed by atoms with van der Waals surface area (Å²) >= 11 is 1.73. The van der Waals surface area contributed by atoms with Crippen molar-refractivity contribution in [3.05, 3.63) is 39.7 Å². The van der Waals surface area contributed by atoms with Gasteiger partial charge in [0.15, 0.2) is 0 Å². The third-order valence-corrected chi connectivity index (χ3v) is 3.62. The molecule has 0 unspecified atom stereocenters. The molecular formula is C13H18N2OS. The van der Waals surface area contributed by atoms with Crippen molar-refractivity contribution in [3.8, 4) is 0 Å². The predicted molar refractivity (Wildman–Crippen MR) is 70.2 cm³/mol. The minimum atomic E-state index is 0.234. The summed E-state index contributed by atoms with van der Waals surface area (Å²) in [5, 5.41) is 4.55. The van der Waals surface area contributed by atoms with Crippen LogP contribution in [0.2, 0.25) is 0 Å². The van der Waals surface area contributed by atoms with Crippen LogP contribution in [0.3, 0.4) is 0 Å². The van der Waals surface area contributed by atoms with Gasteiger partial charge in [-0.05, 0) is 26.0 Å². The second-order valence-corrected chi connectivity index (χ2v) is 5.43. The molecule has 2 aromatic rings. The average molecular weight is 250 g/mol. The van der Waals surface area contributed by atoms with Gasteiger partial charge in [-0.2, -0.15) is 0 Å². The molecule has 0 aliphatic heterocycles. The SMILES string of the molecule is CCc1ccc([C@@H](C)NCc2cnc(C)s2)o1.